The standard InChI is InChI=1S/C12H10F2N2O2/c1-6-15-10(5-11(17)18)12(16-6)7-2-3-8(13)9(14)4-7/h2-4H,5H2,1H3,(H,15,16)(H,17,18). The van der Waals surface area contributed by atoms with Gasteiger partial charge in [0.05, 0.1) is 17.8 Å². The molecule has 0 amide bonds. The number of aliphatic carboxylic acids is 1. The highest BCUT2D eigenvalue weighted by Crippen LogP contribution is 2.23. The summed E-state index contributed by atoms with van der Waals surface area (Å²) in [4.78, 5) is 17.6. The molecule has 0 fully saturated rings. The summed E-state index contributed by atoms with van der Waals surface area (Å²) >= 11 is 0. The smallest absolute Gasteiger partial charge is 0.309 e. The van der Waals surface area contributed by atoms with E-state index >= 15 is 0 Å². The first-order valence-electron chi connectivity index (χ1n) is 5.20. The minimum absolute atomic E-state index is 0.255. The van der Waals surface area contributed by atoms with Crippen molar-refractivity contribution in [2.24, 2.45) is 0 Å². The van der Waals surface area contributed by atoms with Gasteiger partial charge in [-0.1, -0.05) is 0 Å². The van der Waals surface area contributed by atoms with Crippen LogP contribution in [0.5, 0.6) is 0 Å². The molecule has 1 aromatic heterocycles. The van der Waals surface area contributed by atoms with Crippen LogP contribution in [-0.4, -0.2) is 21.0 Å². The first-order valence-corrected chi connectivity index (χ1v) is 5.20. The molecule has 18 heavy (non-hydrogen) atoms. The number of imidazole rings is 1. The van der Waals surface area contributed by atoms with Gasteiger partial charge in [-0.3, -0.25) is 4.79 Å². The Morgan fingerprint density at radius 2 is 2.11 bits per heavy atom. The van der Waals surface area contributed by atoms with Crippen LogP contribution in [0.3, 0.4) is 0 Å². The second-order valence-corrected chi connectivity index (χ2v) is 3.85. The quantitative estimate of drug-likeness (QED) is 0.880. The number of rotatable bonds is 3. The molecule has 6 heteroatoms. The Morgan fingerprint density at radius 1 is 1.39 bits per heavy atom. The van der Waals surface area contributed by atoms with Crippen LogP contribution in [0.2, 0.25) is 0 Å². The minimum Gasteiger partial charge on any atom is -0.481 e. The molecule has 0 aliphatic rings. The maximum atomic E-state index is 13.1. The summed E-state index contributed by atoms with van der Waals surface area (Å²) in [6.45, 7) is 1.66. The van der Waals surface area contributed by atoms with E-state index in [1.54, 1.807) is 6.92 Å². The second-order valence-electron chi connectivity index (χ2n) is 3.85. The molecule has 0 aliphatic carbocycles. The number of hydrogen-bond donors (Lipinski definition) is 2. The Hall–Kier alpha value is -2.24. The normalized spacial score (nSPS) is 10.6. The molecule has 0 saturated heterocycles. The molecule has 2 N–H and O–H groups in total. The summed E-state index contributed by atoms with van der Waals surface area (Å²) in [5.74, 6) is -2.45. The molecular formula is C12H10F2N2O2. The monoisotopic (exact) mass is 252 g/mol. The maximum Gasteiger partial charge on any atom is 0.309 e. The van der Waals surface area contributed by atoms with E-state index in [-0.39, 0.29) is 6.42 Å². The average Bonchev–Trinajstić information content (AvgIpc) is 2.62. The number of aromatic amines is 1. The second kappa shape index (κ2) is 4.56. The van der Waals surface area contributed by atoms with Crippen LogP contribution >= 0.6 is 0 Å². The van der Waals surface area contributed by atoms with Gasteiger partial charge in [0, 0.05) is 5.56 Å². The average molecular weight is 252 g/mol. The van der Waals surface area contributed by atoms with Gasteiger partial charge in [0.15, 0.2) is 11.6 Å². The van der Waals surface area contributed by atoms with Crippen molar-refractivity contribution in [2.45, 2.75) is 13.3 Å². The van der Waals surface area contributed by atoms with E-state index < -0.39 is 17.6 Å². The van der Waals surface area contributed by atoms with E-state index in [4.69, 9.17) is 5.11 Å². The van der Waals surface area contributed by atoms with Gasteiger partial charge in [0.2, 0.25) is 0 Å². The lowest BCUT2D eigenvalue weighted by Crippen LogP contribution is -2.02. The van der Waals surface area contributed by atoms with Crippen molar-refractivity contribution in [3.8, 4) is 11.3 Å². The molecule has 4 nitrogen and oxygen atoms in total. The number of carboxylic acid groups (broad SMARTS) is 1. The van der Waals surface area contributed by atoms with Crippen LogP contribution in [0.4, 0.5) is 8.78 Å². The highest BCUT2D eigenvalue weighted by molar-refractivity contribution is 5.74. The Kier molecular flexibility index (Phi) is 3.10. The number of nitrogens with zero attached hydrogens (tertiary/aromatic N) is 1. The summed E-state index contributed by atoms with van der Waals surface area (Å²) in [5, 5.41) is 8.76. The van der Waals surface area contributed by atoms with Crippen molar-refractivity contribution < 1.29 is 18.7 Å². The predicted octanol–water partition coefficient (Wildman–Crippen LogP) is 2.29. The zero-order chi connectivity index (χ0) is 13.3. The fourth-order valence-electron chi connectivity index (χ4n) is 1.70. The van der Waals surface area contributed by atoms with Gasteiger partial charge < -0.3 is 10.1 Å². The van der Waals surface area contributed by atoms with E-state index in [9.17, 15) is 13.6 Å². The number of aryl methyl sites for hydroxylation is 1. The molecule has 0 radical (unpaired) electrons. The van der Waals surface area contributed by atoms with E-state index in [1.165, 1.54) is 6.07 Å². The lowest BCUT2D eigenvalue weighted by atomic mass is 10.1. The molecule has 0 saturated carbocycles. The zero-order valence-electron chi connectivity index (χ0n) is 9.50. The number of carboxylic acids is 1. The molecule has 94 valence electrons. The summed E-state index contributed by atoms with van der Waals surface area (Å²) < 4.78 is 26.0. The van der Waals surface area contributed by atoms with Crippen LogP contribution in [0, 0.1) is 18.6 Å². The number of halogens is 2. The van der Waals surface area contributed by atoms with E-state index in [1.807, 2.05) is 0 Å². The summed E-state index contributed by atoms with van der Waals surface area (Å²) in [6, 6.07) is 3.34. The Morgan fingerprint density at radius 3 is 2.72 bits per heavy atom. The van der Waals surface area contributed by atoms with Crippen LogP contribution in [-0.2, 0) is 11.2 Å². The fourth-order valence-corrected chi connectivity index (χ4v) is 1.70. The number of aromatic nitrogens is 2. The van der Waals surface area contributed by atoms with Gasteiger partial charge in [-0.2, -0.15) is 0 Å². The number of benzene rings is 1. The molecule has 2 rings (SSSR count). The molecule has 2 aromatic rings. The number of nitrogens with one attached hydrogen (secondary N) is 1. The summed E-state index contributed by atoms with van der Waals surface area (Å²) in [7, 11) is 0. The molecular weight excluding hydrogens is 242 g/mol. The highest BCUT2D eigenvalue weighted by atomic mass is 19.2. The molecule has 0 aliphatic heterocycles. The fraction of sp³-hybridized carbons (Fsp3) is 0.167. The van der Waals surface area contributed by atoms with Crippen molar-refractivity contribution in [3.05, 3.63) is 41.4 Å². The third-order valence-corrected chi connectivity index (χ3v) is 2.42. The number of carbonyl (C=O) groups is 1. The highest BCUT2D eigenvalue weighted by Gasteiger charge is 2.15. The summed E-state index contributed by atoms with van der Waals surface area (Å²) in [5.41, 5.74) is 1.04. The Balaban J connectivity index is 2.49. The third kappa shape index (κ3) is 2.37. The zero-order valence-corrected chi connectivity index (χ0v) is 9.50. The largest absolute Gasteiger partial charge is 0.481 e. The van der Waals surface area contributed by atoms with Crippen LogP contribution in [0.15, 0.2) is 18.2 Å². The Bertz CT molecular complexity index is 608. The van der Waals surface area contributed by atoms with Gasteiger partial charge in [0.1, 0.15) is 5.82 Å². The van der Waals surface area contributed by atoms with E-state index in [0.717, 1.165) is 12.1 Å². The molecule has 0 unspecified atom stereocenters. The van der Waals surface area contributed by atoms with Crippen molar-refractivity contribution in [1.29, 1.82) is 0 Å². The van der Waals surface area contributed by atoms with Gasteiger partial charge in [-0.05, 0) is 25.1 Å². The minimum atomic E-state index is -1.03. The number of hydrogen-bond acceptors (Lipinski definition) is 2. The van der Waals surface area contributed by atoms with Gasteiger partial charge >= 0.3 is 5.97 Å². The molecule has 0 bridgehead atoms. The van der Waals surface area contributed by atoms with Gasteiger partial charge in [-0.15, -0.1) is 0 Å². The molecule has 1 heterocycles. The van der Waals surface area contributed by atoms with Crippen molar-refractivity contribution >= 4 is 5.97 Å². The Labute approximate surface area is 101 Å². The third-order valence-electron chi connectivity index (χ3n) is 2.42. The first kappa shape index (κ1) is 12.2. The van der Waals surface area contributed by atoms with E-state index in [0.29, 0.717) is 22.8 Å². The van der Waals surface area contributed by atoms with Crippen LogP contribution in [0.1, 0.15) is 11.5 Å². The molecule has 0 atom stereocenters. The summed E-state index contributed by atoms with van der Waals surface area (Å²) in [6.07, 6.45) is -0.255. The van der Waals surface area contributed by atoms with Gasteiger partial charge in [-0.25, -0.2) is 13.8 Å². The topological polar surface area (TPSA) is 66.0 Å². The lowest BCUT2D eigenvalue weighted by molar-refractivity contribution is -0.136. The molecule has 1 aromatic carbocycles. The SMILES string of the molecule is Cc1nc(-c2ccc(F)c(F)c2)c(CC(=O)O)[nH]1. The number of H-pyrrole nitrogens is 1. The van der Waals surface area contributed by atoms with Crippen LogP contribution in [0.25, 0.3) is 11.3 Å². The van der Waals surface area contributed by atoms with E-state index in [2.05, 4.69) is 9.97 Å². The maximum absolute atomic E-state index is 13.1. The van der Waals surface area contributed by atoms with Crippen molar-refractivity contribution in [3.63, 3.8) is 0 Å². The molecule has 0 spiro atoms. The van der Waals surface area contributed by atoms with Gasteiger partial charge in [0.25, 0.3) is 0 Å². The van der Waals surface area contributed by atoms with Crippen molar-refractivity contribution in [2.75, 3.05) is 0 Å². The predicted molar refractivity (Wildman–Crippen MR) is 60.0 cm³/mol. The van der Waals surface area contributed by atoms with Crippen LogP contribution < -0.4 is 0 Å². The lowest BCUT2D eigenvalue weighted by Gasteiger charge is -2.01. The van der Waals surface area contributed by atoms with Crippen molar-refractivity contribution in [1.82, 2.24) is 9.97 Å². The first-order chi connectivity index (χ1) is 8.47.